The molecule has 0 aromatic heterocycles. The van der Waals surface area contributed by atoms with E-state index in [0.717, 1.165) is 5.56 Å². The number of benzene rings is 1. The third-order valence-electron chi connectivity index (χ3n) is 4.71. The van der Waals surface area contributed by atoms with Crippen LogP contribution < -0.4 is 5.32 Å². The number of amides is 3. The topological polar surface area (TPSA) is 102 Å². The molecule has 0 saturated carbocycles. The van der Waals surface area contributed by atoms with Crippen LogP contribution in [0.25, 0.3) is 0 Å². The molecule has 0 spiro atoms. The summed E-state index contributed by atoms with van der Waals surface area (Å²) in [4.78, 5) is 56.2. The number of hydrogen-bond donors (Lipinski definition) is 1. The summed E-state index contributed by atoms with van der Waals surface area (Å²) >= 11 is 0. The SMILES string of the molecule is CC(C)[C@H](NC(=O)OC(C)(C)C)C(=O)[C@@H]1C(=O)N(OCc2ccccc2)C(=O)[C@H]1C. The number of ether oxygens (including phenoxy) is 1. The first kappa shape index (κ1) is 23.5. The van der Waals surface area contributed by atoms with E-state index in [0.29, 0.717) is 5.06 Å². The number of nitrogens with zero attached hydrogens (tertiary/aromatic N) is 1. The second-order valence-electron chi connectivity index (χ2n) is 8.77. The molecule has 30 heavy (non-hydrogen) atoms. The maximum Gasteiger partial charge on any atom is 0.408 e. The molecule has 1 aliphatic heterocycles. The number of carbonyl (C=O) groups excluding carboxylic acids is 4. The fourth-order valence-electron chi connectivity index (χ4n) is 3.18. The zero-order chi connectivity index (χ0) is 22.6. The van der Waals surface area contributed by atoms with Crippen LogP contribution in [-0.2, 0) is 30.6 Å². The van der Waals surface area contributed by atoms with Gasteiger partial charge in [-0.05, 0) is 32.3 Å². The molecule has 1 N–H and O–H groups in total. The van der Waals surface area contributed by atoms with Crippen LogP contribution in [0.1, 0.15) is 47.1 Å². The van der Waals surface area contributed by atoms with E-state index in [1.165, 1.54) is 6.92 Å². The molecule has 1 aromatic rings. The molecule has 0 aliphatic carbocycles. The van der Waals surface area contributed by atoms with Crippen LogP contribution in [0.15, 0.2) is 30.3 Å². The molecule has 164 valence electrons. The van der Waals surface area contributed by atoms with Gasteiger partial charge in [-0.15, -0.1) is 0 Å². The van der Waals surface area contributed by atoms with E-state index in [1.54, 1.807) is 46.8 Å². The van der Waals surface area contributed by atoms with Gasteiger partial charge < -0.3 is 10.1 Å². The second-order valence-corrected chi connectivity index (χ2v) is 8.77. The summed E-state index contributed by atoms with van der Waals surface area (Å²) < 4.78 is 5.23. The number of Topliss-reactive ketones (excluding diaryl/α,β-unsaturated/α-hetero) is 1. The molecule has 1 fully saturated rings. The van der Waals surface area contributed by atoms with E-state index < -0.39 is 47.2 Å². The zero-order valence-electron chi connectivity index (χ0n) is 18.3. The molecule has 1 heterocycles. The Labute approximate surface area is 176 Å². The van der Waals surface area contributed by atoms with Gasteiger partial charge in [0.05, 0.1) is 12.0 Å². The van der Waals surface area contributed by atoms with Crippen molar-refractivity contribution in [3.8, 4) is 0 Å². The Morgan fingerprint density at radius 1 is 1.10 bits per heavy atom. The average Bonchev–Trinajstić information content (AvgIpc) is 2.85. The minimum atomic E-state index is -1.23. The Kier molecular flexibility index (Phi) is 7.36. The summed E-state index contributed by atoms with van der Waals surface area (Å²) in [5.74, 6) is -4.25. The quantitative estimate of drug-likeness (QED) is 0.540. The van der Waals surface area contributed by atoms with Crippen molar-refractivity contribution in [3.63, 3.8) is 0 Å². The predicted molar refractivity (Wildman–Crippen MR) is 109 cm³/mol. The smallest absolute Gasteiger partial charge is 0.408 e. The van der Waals surface area contributed by atoms with Crippen molar-refractivity contribution in [2.75, 3.05) is 0 Å². The molecule has 8 heteroatoms. The number of ketones is 1. The molecule has 1 aliphatic rings. The van der Waals surface area contributed by atoms with Gasteiger partial charge >= 0.3 is 6.09 Å². The molecule has 2 rings (SSSR count). The summed E-state index contributed by atoms with van der Waals surface area (Å²) in [5, 5.41) is 3.22. The highest BCUT2D eigenvalue weighted by atomic mass is 16.7. The highest BCUT2D eigenvalue weighted by molar-refractivity contribution is 6.16. The van der Waals surface area contributed by atoms with Crippen molar-refractivity contribution in [1.29, 1.82) is 0 Å². The number of imide groups is 1. The minimum Gasteiger partial charge on any atom is -0.444 e. The van der Waals surface area contributed by atoms with E-state index >= 15 is 0 Å². The standard InChI is InChI=1S/C22H30N2O6/c1-13(2)17(23-21(28)30-22(4,5)6)18(25)16-14(3)19(26)24(20(16)27)29-12-15-10-8-7-9-11-15/h7-11,13-14,16-17H,12H2,1-6H3,(H,23,28)/t14-,16+,17-/m0/s1. The lowest BCUT2D eigenvalue weighted by Gasteiger charge is -2.26. The Morgan fingerprint density at radius 2 is 1.70 bits per heavy atom. The van der Waals surface area contributed by atoms with Crippen molar-refractivity contribution in [3.05, 3.63) is 35.9 Å². The molecule has 3 atom stereocenters. The fourth-order valence-corrected chi connectivity index (χ4v) is 3.18. The van der Waals surface area contributed by atoms with Crippen LogP contribution in [0, 0.1) is 17.8 Å². The zero-order valence-corrected chi connectivity index (χ0v) is 18.3. The van der Waals surface area contributed by atoms with E-state index in [1.807, 2.05) is 18.2 Å². The lowest BCUT2D eigenvalue weighted by atomic mass is 9.85. The summed E-state index contributed by atoms with van der Waals surface area (Å²) in [6, 6.07) is 8.11. The maximum absolute atomic E-state index is 13.1. The molecular weight excluding hydrogens is 388 g/mol. The first-order valence-electron chi connectivity index (χ1n) is 10.00. The van der Waals surface area contributed by atoms with Gasteiger partial charge in [-0.2, -0.15) is 5.06 Å². The lowest BCUT2D eigenvalue weighted by molar-refractivity contribution is -0.193. The molecule has 3 amide bonds. The molecule has 0 bridgehead atoms. The molecule has 1 aromatic carbocycles. The van der Waals surface area contributed by atoms with Crippen molar-refractivity contribution in [2.45, 2.75) is 59.8 Å². The maximum atomic E-state index is 13.1. The molecule has 0 radical (unpaired) electrons. The fraction of sp³-hybridized carbons (Fsp3) is 0.545. The van der Waals surface area contributed by atoms with Gasteiger partial charge in [-0.3, -0.25) is 19.2 Å². The second kappa shape index (κ2) is 9.38. The Bertz CT molecular complexity index is 800. The molecular formula is C22H30N2O6. The Morgan fingerprint density at radius 3 is 2.23 bits per heavy atom. The van der Waals surface area contributed by atoms with E-state index in [-0.39, 0.29) is 12.5 Å². The molecule has 1 saturated heterocycles. The van der Waals surface area contributed by atoms with Gasteiger partial charge in [0.25, 0.3) is 11.8 Å². The van der Waals surface area contributed by atoms with E-state index in [4.69, 9.17) is 9.57 Å². The first-order valence-corrected chi connectivity index (χ1v) is 10.00. The number of alkyl carbamates (subject to hydrolysis) is 1. The summed E-state index contributed by atoms with van der Waals surface area (Å²) in [7, 11) is 0. The van der Waals surface area contributed by atoms with Crippen LogP contribution in [0.2, 0.25) is 0 Å². The Hall–Kier alpha value is -2.74. The number of hydroxylamine groups is 2. The Balaban J connectivity index is 2.13. The van der Waals surface area contributed by atoms with Crippen LogP contribution in [0.4, 0.5) is 4.79 Å². The normalized spacial score (nSPS) is 20.4. The predicted octanol–water partition coefficient (Wildman–Crippen LogP) is 2.86. The first-order chi connectivity index (χ1) is 13.9. The van der Waals surface area contributed by atoms with Gasteiger partial charge in [-0.25, -0.2) is 4.79 Å². The minimum absolute atomic E-state index is 0.0235. The number of rotatable bonds is 7. The van der Waals surface area contributed by atoms with Gasteiger partial charge in [0, 0.05) is 0 Å². The molecule has 0 unspecified atom stereocenters. The van der Waals surface area contributed by atoms with Crippen LogP contribution >= 0.6 is 0 Å². The van der Waals surface area contributed by atoms with Gasteiger partial charge in [0.2, 0.25) is 0 Å². The largest absolute Gasteiger partial charge is 0.444 e. The summed E-state index contributed by atoms with van der Waals surface area (Å²) in [6.45, 7) is 10.2. The van der Waals surface area contributed by atoms with Crippen molar-refractivity contribution >= 4 is 23.7 Å². The van der Waals surface area contributed by atoms with Gasteiger partial charge in [0.1, 0.15) is 18.1 Å². The highest BCUT2D eigenvalue weighted by Crippen LogP contribution is 2.29. The third-order valence-corrected chi connectivity index (χ3v) is 4.71. The number of nitrogens with one attached hydrogen (secondary N) is 1. The average molecular weight is 418 g/mol. The van der Waals surface area contributed by atoms with E-state index in [2.05, 4.69) is 5.32 Å². The highest BCUT2D eigenvalue weighted by Gasteiger charge is 2.52. The van der Waals surface area contributed by atoms with Gasteiger partial charge in [0.15, 0.2) is 5.78 Å². The van der Waals surface area contributed by atoms with Crippen LogP contribution in [-0.4, -0.2) is 40.4 Å². The van der Waals surface area contributed by atoms with Crippen molar-refractivity contribution in [2.24, 2.45) is 17.8 Å². The number of hydrogen-bond acceptors (Lipinski definition) is 6. The van der Waals surface area contributed by atoms with Crippen molar-refractivity contribution in [1.82, 2.24) is 10.4 Å². The van der Waals surface area contributed by atoms with Crippen molar-refractivity contribution < 1.29 is 28.8 Å². The van der Waals surface area contributed by atoms with E-state index in [9.17, 15) is 19.2 Å². The number of carbonyl (C=O) groups is 4. The third kappa shape index (κ3) is 5.66. The monoisotopic (exact) mass is 418 g/mol. The lowest BCUT2D eigenvalue weighted by Crippen LogP contribution is -2.50. The van der Waals surface area contributed by atoms with Gasteiger partial charge in [-0.1, -0.05) is 51.1 Å². The summed E-state index contributed by atoms with van der Waals surface area (Å²) in [5.41, 5.74) is 0.0515. The van der Waals surface area contributed by atoms with Crippen LogP contribution in [0.5, 0.6) is 0 Å². The molecule has 8 nitrogen and oxygen atoms in total. The van der Waals surface area contributed by atoms with Crippen LogP contribution in [0.3, 0.4) is 0 Å². The summed E-state index contributed by atoms with van der Waals surface area (Å²) in [6.07, 6.45) is -0.754.